The van der Waals surface area contributed by atoms with Crippen LogP contribution in [0.2, 0.25) is 0 Å². The largest absolute Gasteiger partial charge is 0.445 e. The lowest BCUT2D eigenvalue weighted by Gasteiger charge is -2.32. The lowest BCUT2D eigenvalue weighted by Crippen LogP contribution is -2.58. The van der Waals surface area contributed by atoms with Gasteiger partial charge in [-0.05, 0) is 46.1 Å². The molecule has 284 valence electrons. The second-order valence-corrected chi connectivity index (χ2v) is 14.2. The van der Waals surface area contributed by atoms with Gasteiger partial charge in [0.05, 0.1) is 31.2 Å². The van der Waals surface area contributed by atoms with Crippen molar-refractivity contribution in [3.63, 3.8) is 0 Å². The molecule has 7 atom stereocenters. The number of fused-ring (bicyclic) bond motifs is 1. The number of aliphatic hydroxyl groups is 2. The Morgan fingerprint density at radius 3 is 2.02 bits per heavy atom. The zero-order chi connectivity index (χ0) is 38.2. The maximum atomic E-state index is 14.1. The fourth-order valence-corrected chi connectivity index (χ4v) is 6.15. The summed E-state index contributed by atoms with van der Waals surface area (Å²) >= 11 is 0. The molecule has 0 heterocycles. The highest BCUT2D eigenvalue weighted by Crippen LogP contribution is 2.21. The number of ether oxygens (including phenoxy) is 1. The van der Waals surface area contributed by atoms with Crippen LogP contribution >= 0.6 is 0 Å². The molecule has 11 nitrogen and oxygen atoms in total. The quantitative estimate of drug-likeness (QED) is 0.0956. The van der Waals surface area contributed by atoms with Crippen molar-refractivity contribution < 1.29 is 34.1 Å². The molecule has 3 aromatic carbocycles. The Kier molecular flexibility index (Phi) is 17.1. The molecule has 1 unspecified atom stereocenters. The highest BCUT2D eigenvalue weighted by atomic mass is 16.5. The summed E-state index contributed by atoms with van der Waals surface area (Å²) in [6.07, 6.45) is -0.470. The predicted molar refractivity (Wildman–Crippen MR) is 203 cm³/mol. The molecule has 11 heteroatoms. The average molecular weight is 719 g/mol. The van der Waals surface area contributed by atoms with Crippen LogP contribution in [-0.4, -0.2) is 70.9 Å². The minimum absolute atomic E-state index is 0.00471. The Bertz CT molecular complexity index is 1580. The number of alkyl carbamates (subject to hydrolysis) is 1. The van der Waals surface area contributed by atoms with E-state index in [0.29, 0.717) is 6.42 Å². The van der Waals surface area contributed by atoms with Gasteiger partial charge in [-0.15, -0.1) is 0 Å². The monoisotopic (exact) mass is 718 g/mol. The molecule has 0 aromatic heterocycles. The first-order valence-electron chi connectivity index (χ1n) is 18.5. The number of hydrogen-bond acceptors (Lipinski definition) is 7. The van der Waals surface area contributed by atoms with E-state index in [2.05, 4.69) is 21.3 Å². The Labute approximate surface area is 308 Å². The Morgan fingerprint density at radius 1 is 0.731 bits per heavy atom. The molecule has 0 bridgehead atoms. The molecule has 0 spiro atoms. The van der Waals surface area contributed by atoms with Crippen molar-refractivity contribution in [1.29, 1.82) is 0 Å². The van der Waals surface area contributed by atoms with Crippen molar-refractivity contribution >= 4 is 34.6 Å². The predicted octanol–water partition coefficient (Wildman–Crippen LogP) is 5.01. The zero-order valence-electron chi connectivity index (χ0n) is 31.4. The molecule has 4 amide bonds. The second kappa shape index (κ2) is 21.1. The van der Waals surface area contributed by atoms with E-state index in [1.54, 1.807) is 0 Å². The smallest absolute Gasteiger partial charge is 0.408 e. The van der Waals surface area contributed by atoms with Crippen molar-refractivity contribution in [1.82, 2.24) is 21.3 Å². The summed E-state index contributed by atoms with van der Waals surface area (Å²) in [6, 6.07) is 19.4. The van der Waals surface area contributed by atoms with Gasteiger partial charge in [0, 0.05) is 6.42 Å². The summed E-state index contributed by atoms with van der Waals surface area (Å²) in [5.41, 5.74) is 1.63. The molecule has 0 saturated carbocycles. The van der Waals surface area contributed by atoms with E-state index in [1.807, 2.05) is 114 Å². The number of benzene rings is 3. The fraction of sp³-hybridized carbons (Fsp3) is 0.512. The van der Waals surface area contributed by atoms with Crippen LogP contribution in [0.1, 0.15) is 78.4 Å². The van der Waals surface area contributed by atoms with Crippen LogP contribution in [0.15, 0.2) is 72.8 Å². The van der Waals surface area contributed by atoms with E-state index in [9.17, 15) is 29.4 Å². The summed E-state index contributed by atoms with van der Waals surface area (Å²) in [6.45, 7) is 11.4. The maximum Gasteiger partial charge on any atom is 0.408 e. The second-order valence-electron chi connectivity index (χ2n) is 14.2. The van der Waals surface area contributed by atoms with E-state index in [1.165, 1.54) is 0 Å². The highest BCUT2D eigenvalue weighted by molar-refractivity contribution is 5.93. The normalized spacial score (nSPS) is 15.4. The maximum absolute atomic E-state index is 14.1. The minimum atomic E-state index is -1.22. The lowest BCUT2D eigenvalue weighted by molar-refractivity contribution is -0.132. The topological polar surface area (TPSA) is 166 Å². The molecule has 0 aliphatic rings. The van der Waals surface area contributed by atoms with E-state index < -0.39 is 54.1 Å². The first-order valence-corrected chi connectivity index (χ1v) is 18.5. The number of rotatable bonds is 20. The molecular weight excluding hydrogens is 660 g/mol. The van der Waals surface area contributed by atoms with Crippen molar-refractivity contribution in [2.45, 2.75) is 111 Å². The van der Waals surface area contributed by atoms with Crippen LogP contribution in [0.25, 0.3) is 10.8 Å². The first kappa shape index (κ1) is 41.9. The van der Waals surface area contributed by atoms with Gasteiger partial charge in [0.2, 0.25) is 17.7 Å². The minimum Gasteiger partial charge on any atom is -0.445 e. The molecule has 6 N–H and O–H groups in total. The molecule has 3 rings (SSSR count). The summed E-state index contributed by atoms with van der Waals surface area (Å²) < 4.78 is 5.47. The van der Waals surface area contributed by atoms with Gasteiger partial charge in [0.25, 0.3) is 0 Å². The van der Waals surface area contributed by atoms with Crippen molar-refractivity contribution in [3.8, 4) is 0 Å². The highest BCUT2D eigenvalue weighted by Gasteiger charge is 2.33. The zero-order valence-corrected chi connectivity index (χ0v) is 31.4. The SMILES string of the molecule is CCC(C)[C@H](NC(=O)[C@H](CC(C)C)NC(=O)[C@H](Cc1cccc2ccccc12)NC(=O)OCc1ccccc1)[C@@H](O)CC(=O)N[C@H](CO)[C@@H](C)CC. The van der Waals surface area contributed by atoms with Gasteiger partial charge >= 0.3 is 6.09 Å². The standard InChI is InChI=1S/C41H58N4O7/c1-7-27(5)35(24-46)42-37(48)23-36(47)38(28(6)8-2)45-40(50)33(21-26(3)4)43-39(49)34(44-41(51)52-25-29-15-10-9-11-16-29)22-31-19-14-18-30-17-12-13-20-32(30)31/h9-20,26-28,33-36,38,46-47H,7-8,21-25H2,1-6H3,(H,42,48)(H,43,49)(H,44,51)(H,45,50)/t27-,28?,33-,34-,35+,36-,38-/m0/s1. The van der Waals surface area contributed by atoms with E-state index in [-0.39, 0.29) is 50.2 Å². The number of hydrogen-bond donors (Lipinski definition) is 6. The molecular formula is C41H58N4O7. The number of aliphatic hydroxyl groups excluding tert-OH is 2. The van der Waals surface area contributed by atoms with Gasteiger partial charge in [-0.3, -0.25) is 14.4 Å². The summed E-state index contributed by atoms with van der Waals surface area (Å²) in [4.78, 5) is 54.0. The molecule has 3 aromatic rings. The molecule has 0 saturated heterocycles. The van der Waals surface area contributed by atoms with Gasteiger partial charge < -0.3 is 36.2 Å². The Balaban J connectivity index is 1.81. The average Bonchev–Trinajstić information content (AvgIpc) is 3.14. The summed E-state index contributed by atoms with van der Waals surface area (Å²) in [5.74, 6) is -1.65. The van der Waals surface area contributed by atoms with Crippen molar-refractivity contribution in [3.05, 3.63) is 83.9 Å². The number of amides is 4. The third-order valence-corrected chi connectivity index (χ3v) is 9.71. The van der Waals surface area contributed by atoms with Crippen LogP contribution in [0, 0.1) is 17.8 Å². The van der Waals surface area contributed by atoms with Gasteiger partial charge in [0.1, 0.15) is 18.7 Å². The van der Waals surface area contributed by atoms with E-state index in [4.69, 9.17) is 4.74 Å². The number of nitrogens with one attached hydrogen (secondary N) is 4. The third-order valence-electron chi connectivity index (χ3n) is 9.71. The van der Waals surface area contributed by atoms with Gasteiger partial charge in [-0.2, -0.15) is 0 Å². The molecule has 52 heavy (non-hydrogen) atoms. The van der Waals surface area contributed by atoms with Crippen LogP contribution < -0.4 is 21.3 Å². The van der Waals surface area contributed by atoms with Gasteiger partial charge in [-0.1, -0.05) is 127 Å². The molecule has 0 aliphatic heterocycles. The fourth-order valence-electron chi connectivity index (χ4n) is 6.15. The lowest BCUT2D eigenvalue weighted by atomic mass is 9.91. The molecule has 0 radical (unpaired) electrons. The van der Waals surface area contributed by atoms with Crippen molar-refractivity contribution in [2.75, 3.05) is 6.61 Å². The van der Waals surface area contributed by atoms with Crippen LogP contribution in [0.3, 0.4) is 0 Å². The van der Waals surface area contributed by atoms with Crippen LogP contribution in [-0.2, 0) is 32.1 Å². The van der Waals surface area contributed by atoms with E-state index in [0.717, 1.165) is 28.3 Å². The van der Waals surface area contributed by atoms with Gasteiger partial charge in [-0.25, -0.2) is 4.79 Å². The van der Waals surface area contributed by atoms with Crippen LogP contribution in [0.4, 0.5) is 4.79 Å². The first-order chi connectivity index (χ1) is 24.9. The van der Waals surface area contributed by atoms with Crippen LogP contribution in [0.5, 0.6) is 0 Å². The summed E-state index contributed by atoms with van der Waals surface area (Å²) in [5, 5.41) is 34.3. The third kappa shape index (κ3) is 12.9. The number of carbonyl (C=O) groups is 4. The Morgan fingerprint density at radius 2 is 1.37 bits per heavy atom. The number of carbonyl (C=O) groups excluding carboxylic acids is 4. The molecule has 0 aliphatic carbocycles. The van der Waals surface area contributed by atoms with Gasteiger partial charge in [0.15, 0.2) is 0 Å². The van der Waals surface area contributed by atoms with Crippen molar-refractivity contribution in [2.24, 2.45) is 17.8 Å². The Hall–Kier alpha value is -4.48. The van der Waals surface area contributed by atoms with E-state index >= 15 is 0 Å². The molecule has 0 fully saturated rings. The summed E-state index contributed by atoms with van der Waals surface area (Å²) in [7, 11) is 0.